The predicted molar refractivity (Wildman–Crippen MR) is 87.1 cm³/mol. The fourth-order valence-electron chi connectivity index (χ4n) is 2.58. The Labute approximate surface area is 131 Å². The summed E-state index contributed by atoms with van der Waals surface area (Å²) in [6.45, 7) is 2.48. The molecule has 0 spiro atoms. The third-order valence-electron chi connectivity index (χ3n) is 3.70. The summed E-state index contributed by atoms with van der Waals surface area (Å²) in [5.74, 6) is 0.856. The zero-order valence-electron chi connectivity index (χ0n) is 12.5. The Morgan fingerprint density at radius 2 is 1.95 bits per heavy atom. The van der Waals surface area contributed by atoms with Gasteiger partial charge in [0.2, 0.25) is 0 Å². The van der Waals surface area contributed by atoms with Crippen LogP contribution in [0.2, 0.25) is 0 Å². The molecule has 0 aromatic heterocycles. The van der Waals surface area contributed by atoms with Crippen molar-refractivity contribution in [1.29, 1.82) is 0 Å². The molecular formula is C17H19NO3S. The fraction of sp³-hybridized carbons (Fsp3) is 0.294. The molecule has 3 rings (SSSR count). The van der Waals surface area contributed by atoms with E-state index in [1.807, 2.05) is 37.3 Å². The maximum absolute atomic E-state index is 12.1. The molecule has 1 N–H and O–H groups in total. The van der Waals surface area contributed by atoms with Crippen LogP contribution in [-0.2, 0) is 9.84 Å². The second-order valence-electron chi connectivity index (χ2n) is 5.37. The maximum atomic E-state index is 12.1. The molecule has 5 heteroatoms. The van der Waals surface area contributed by atoms with Crippen molar-refractivity contribution in [1.82, 2.24) is 0 Å². The second-order valence-corrected chi connectivity index (χ2v) is 7.48. The van der Waals surface area contributed by atoms with E-state index in [0.29, 0.717) is 23.6 Å². The van der Waals surface area contributed by atoms with E-state index in [4.69, 9.17) is 4.74 Å². The van der Waals surface area contributed by atoms with Gasteiger partial charge in [-0.05, 0) is 30.2 Å². The molecular weight excluding hydrogens is 298 g/mol. The molecule has 0 radical (unpaired) electrons. The largest absolute Gasteiger partial charge is 0.482 e. The van der Waals surface area contributed by atoms with Gasteiger partial charge in [0.15, 0.2) is 9.84 Å². The number of nitrogens with one attached hydrogen (secondary N) is 1. The molecule has 1 unspecified atom stereocenters. The van der Waals surface area contributed by atoms with Crippen LogP contribution in [0.4, 0.5) is 5.69 Å². The van der Waals surface area contributed by atoms with Gasteiger partial charge in [-0.3, -0.25) is 0 Å². The van der Waals surface area contributed by atoms with Crippen LogP contribution in [0.15, 0.2) is 53.4 Å². The highest BCUT2D eigenvalue weighted by Crippen LogP contribution is 2.35. The lowest BCUT2D eigenvalue weighted by atomic mass is 10.1. The van der Waals surface area contributed by atoms with E-state index in [-0.39, 0.29) is 11.9 Å². The first kappa shape index (κ1) is 14.9. The van der Waals surface area contributed by atoms with Crippen molar-refractivity contribution in [2.24, 2.45) is 0 Å². The Hall–Kier alpha value is -2.01. The van der Waals surface area contributed by atoms with E-state index in [1.165, 1.54) is 0 Å². The van der Waals surface area contributed by atoms with E-state index >= 15 is 0 Å². The molecule has 1 atom stereocenters. The summed E-state index contributed by atoms with van der Waals surface area (Å²) in [6, 6.07) is 15.0. The summed E-state index contributed by atoms with van der Waals surface area (Å²) >= 11 is 0. The minimum absolute atomic E-state index is 0.0631. The summed E-state index contributed by atoms with van der Waals surface area (Å²) in [5, 5.41) is 3.28. The number of sulfone groups is 1. The van der Waals surface area contributed by atoms with Crippen LogP contribution in [0.3, 0.4) is 0 Å². The lowest BCUT2D eigenvalue weighted by molar-refractivity contribution is 0.210. The van der Waals surface area contributed by atoms with Gasteiger partial charge in [0.05, 0.1) is 22.9 Å². The third-order valence-corrected chi connectivity index (χ3v) is 5.62. The molecule has 1 aliphatic rings. The Morgan fingerprint density at radius 3 is 2.68 bits per heavy atom. The lowest BCUT2D eigenvalue weighted by Crippen LogP contribution is -2.23. The average molecular weight is 317 g/mol. The molecule has 22 heavy (non-hydrogen) atoms. The molecule has 1 aliphatic heterocycles. The van der Waals surface area contributed by atoms with Crippen LogP contribution in [0, 0.1) is 0 Å². The number of ether oxygens (including phenoxy) is 1. The summed E-state index contributed by atoms with van der Waals surface area (Å²) in [4.78, 5) is 0.349. The zero-order valence-corrected chi connectivity index (χ0v) is 13.3. The molecule has 0 amide bonds. The fourth-order valence-corrected chi connectivity index (χ4v) is 3.93. The minimum atomic E-state index is -3.21. The van der Waals surface area contributed by atoms with Crippen LogP contribution in [0.1, 0.15) is 25.0 Å². The van der Waals surface area contributed by atoms with Crippen LogP contribution < -0.4 is 10.1 Å². The molecule has 0 fully saturated rings. The number of anilines is 1. The molecule has 116 valence electrons. The van der Waals surface area contributed by atoms with Crippen molar-refractivity contribution in [3.8, 4) is 5.75 Å². The SMILES string of the molecule is CCCS(=O)(=O)c1ccc2c(c1)NCC(c1ccccc1)O2. The number of benzene rings is 2. The highest BCUT2D eigenvalue weighted by atomic mass is 32.2. The van der Waals surface area contributed by atoms with Crippen molar-refractivity contribution < 1.29 is 13.2 Å². The summed E-state index contributed by atoms with van der Waals surface area (Å²) in [7, 11) is -3.21. The van der Waals surface area contributed by atoms with Gasteiger partial charge in [0.1, 0.15) is 11.9 Å². The van der Waals surface area contributed by atoms with Crippen molar-refractivity contribution in [3.63, 3.8) is 0 Å². The summed E-state index contributed by atoms with van der Waals surface area (Å²) in [5.41, 5.74) is 1.84. The zero-order chi connectivity index (χ0) is 15.6. The number of hydrogen-bond acceptors (Lipinski definition) is 4. The minimum Gasteiger partial charge on any atom is -0.482 e. The highest BCUT2D eigenvalue weighted by molar-refractivity contribution is 7.91. The van der Waals surface area contributed by atoms with E-state index < -0.39 is 9.84 Å². The molecule has 2 aromatic rings. The van der Waals surface area contributed by atoms with Crippen LogP contribution in [0.5, 0.6) is 5.75 Å². The number of rotatable bonds is 4. The molecule has 1 heterocycles. The van der Waals surface area contributed by atoms with Crippen molar-refractivity contribution in [2.75, 3.05) is 17.6 Å². The first-order valence-electron chi connectivity index (χ1n) is 7.42. The Bertz CT molecular complexity index is 757. The monoisotopic (exact) mass is 317 g/mol. The molecule has 2 aromatic carbocycles. The summed E-state index contributed by atoms with van der Waals surface area (Å²) in [6.07, 6.45) is 0.547. The van der Waals surface area contributed by atoms with Gasteiger partial charge < -0.3 is 10.1 Å². The third kappa shape index (κ3) is 2.95. The van der Waals surface area contributed by atoms with Crippen LogP contribution in [0.25, 0.3) is 0 Å². The number of fused-ring (bicyclic) bond motifs is 1. The quantitative estimate of drug-likeness (QED) is 0.939. The first-order chi connectivity index (χ1) is 10.6. The molecule has 0 bridgehead atoms. The van der Waals surface area contributed by atoms with Gasteiger partial charge in [-0.2, -0.15) is 0 Å². The Morgan fingerprint density at radius 1 is 1.18 bits per heavy atom. The Balaban J connectivity index is 1.86. The van der Waals surface area contributed by atoms with E-state index in [2.05, 4.69) is 5.32 Å². The second kappa shape index (κ2) is 6.01. The van der Waals surface area contributed by atoms with Crippen molar-refractivity contribution in [2.45, 2.75) is 24.3 Å². The number of hydrogen-bond donors (Lipinski definition) is 1. The van der Waals surface area contributed by atoms with E-state index in [9.17, 15) is 8.42 Å². The topological polar surface area (TPSA) is 55.4 Å². The molecule has 0 saturated heterocycles. The average Bonchev–Trinajstić information content (AvgIpc) is 2.54. The van der Waals surface area contributed by atoms with Crippen LogP contribution >= 0.6 is 0 Å². The van der Waals surface area contributed by atoms with Crippen LogP contribution in [-0.4, -0.2) is 20.7 Å². The van der Waals surface area contributed by atoms with Gasteiger partial charge in [-0.1, -0.05) is 37.3 Å². The Kier molecular flexibility index (Phi) is 4.07. The maximum Gasteiger partial charge on any atom is 0.178 e. The normalized spacial score (nSPS) is 17.2. The van der Waals surface area contributed by atoms with Gasteiger partial charge in [-0.25, -0.2) is 8.42 Å². The van der Waals surface area contributed by atoms with E-state index in [0.717, 1.165) is 11.3 Å². The van der Waals surface area contributed by atoms with Gasteiger partial charge >= 0.3 is 0 Å². The van der Waals surface area contributed by atoms with Gasteiger partial charge in [0.25, 0.3) is 0 Å². The standard InChI is InChI=1S/C17H19NO3S/c1-2-10-22(19,20)14-8-9-16-15(11-14)18-12-17(21-16)13-6-4-3-5-7-13/h3-9,11,17-18H,2,10,12H2,1H3. The van der Waals surface area contributed by atoms with Crippen molar-refractivity contribution in [3.05, 3.63) is 54.1 Å². The smallest absolute Gasteiger partial charge is 0.178 e. The predicted octanol–water partition coefficient (Wildman–Crippen LogP) is 3.42. The highest BCUT2D eigenvalue weighted by Gasteiger charge is 2.23. The first-order valence-corrected chi connectivity index (χ1v) is 9.07. The summed E-state index contributed by atoms with van der Waals surface area (Å²) < 4.78 is 30.3. The van der Waals surface area contributed by atoms with E-state index in [1.54, 1.807) is 18.2 Å². The van der Waals surface area contributed by atoms with Gasteiger partial charge in [0, 0.05) is 0 Å². The lowest BCUT2D eigenvalue weighted by Gasteiger charge is -2.28. The molecule has 0 saturated carbocycles. The molecule has 4 nitrogen and oxygen atoms in total. The van der Waals surface area contributed by atoms with Gasteiger partial charge in [-0.15, -0.1) is 0 Å². The van der Waals surface area contributed by atoms with Crippen molar-refractivity contribution >= 4 is 15.5 Å². The molecule has 0 aliphatic carbocycles.